The van der Waals surface area contributed by atoms with Crippen molar-refractivity contribution in [3.8, 4) is 6.07 Å². The Labute approximate surface area is 150 Å². The van der Waals surface area contributed by atoms with Crippen LogP contribution in [-0.4, -0.2) is 32.0 Å². The fourth-order valence-electron chi connectivity index (χ4n) is 2.59. The molecule has 1 saturated carbocycles. The highest BCUT2D eigenvalue weighted by Crippen LogP contribution is 2.40. The molecule has 0 radical (unpaired) electrons. The van der Waals surface area contributed by atoms with Crippen molar-refractivity contribution >= 4 is 23.3 Å². The number of nitrogens with one attached hydrogen (secondary N) is 1. The van der Waals surface area contributed by atoms with Crippen LogP contribution in [0.5, 0.6) is 0 Å². The van der Waals surface area contributed by atoms with Crippen LogP contribution in [0.1, 0.15) is 37.1 Å². The van der Waals surface area contributed by atoms with Crippen LogP contribution in [0.4, 0.5) is 0 Å². The van der Waals surface area contributed by atoms with Crippen molar-refractivity contribution in [2.75, 3.05) is 5.75 Å². The molecule has 0 saturated heterocycles. The second-order valence-corrected chi connectivity index (χ2v) is 7.13. The molecule has 3 rings (SSSR count). The van der Waals surface area contributed by atoms with Gasteiger partial charge in [-0.3, -0.25) is 4.79 Å². The zero-order valence-corrected chi connectivity index (χ0v) is 14.8. The topological polar surface area (TPSA) is 95.4 Å². The highest BCUT2D eigenvalue weighted by atomic mass is 32.2. The summed E-state index contributed by atoms with van der Waals surface area (Å²) in [4.78, 5) is 12.2. The predicted molar refractivity (Wildman–Crippen MR) is 95.8 cm³/mol. The van der Waals surface area contributed by atoms with Gasteiger partial charge in [0, 0.05) is 11.6 Å². The van der Waals surface area contributed by atoms with Gasteiger partial charge in [0.15, 0.2) is 10.9 Å². The Morgan fingerprint density at radius 3 is 2.72 bits per heavy atom. The van der Waals surface area contributed by atoms with Crippen LogP contribution >= 0.6 is 11.8 Å². The minimum absolute atomic E-state index is 0.0810. The Balaban J connectivity index is 1.76. The van der Waals surface area contributed by atoms with Crippen LogP contribution in [-0.2, 0) is 11.3 Å². The van der Waals surface area contributed by atoms with Crippen LogP contribution in [0, 0.1) is 22.7 Å². The first-order valence-electron chi connectivity index (χ1n) is 8.17. The quantitative estimate of drug-likeness (QED) is 0.581. The molecule has 1 aliphatic rings. The average Bonchev–Trinajstić information content (AvgIpc) is 3.37. The number of Topliss-reactive ketones (excluding diaryl/α,β-unsaturated/α-hetero) is 1. The standard InChI is InChI=1S/C18H19N5OS/c1-12(20)15(9-19)16(24)11-25-18-22-21-17(14-7-8-14)23(18)10-13-5-3-2-4-6-13/h2-6,14-15,20H,7-8,10-11H2,1H3. The van der Waals surface area contributed by atoms with E-state index in [1.165, 1.54) is 18.7 Å². The van der Waals surface area contributed by atoms with Crippen molar-refractivity contribution in [3.63, 3.8) is 0 Å². The molecule has 1 atom stereocenters. The number of thioether (sulfide) groups is 1. The van der Waals surface area contributed by atoms with Gasteiger partial charge in [0.25, 0.3) is 0 Å². The second kappa shape index (κ2) is 7.62. The largest absolute Gasteiger partial charge is 0.308 e. The molecule has 1 N–H and O–H groups in total. The van der Waals surface area contributed by atoms with E-state index in [2.05, 4.69) is 26.9 Å². The van der Waals surface area contributed by atoms with Gasteiger partial charge in [0.2, 0.25) is 0 Å². The number of ketones is 1. The van der Waals surface area contributed by atoms with Gasteiger partial charge in [-0.25, -0.2) is 0 Å². The Bertz CT molecular complexity index is 820. The monoisotopic (exact) mass is 353 g/mol. The highest BCUT2D eigenvalue weighted by molar-refractivity contribution is 7.99. The summed E-state index contributed by atoms with van der Waals surface area (Å²) in [6.07, 6.45) is 2.25. The first kappa shape index (κ1) is 17.4. The van der Waals surface area contributed by atoms with Crippen molar-refractivity contribution < 1.29 is 4.79 Å². The first-order valence-corrected chi connectivity index (χ1v) is 9.16. The lowest BCUT2D eigenvalue weighted by Gasteiger charge is -2.10. The van der Waals surface area contributed by atoms with Crippen LogP contribution < -0.4 is 0 Å². The summed E-state index contributed by atoms with van der Waals surface area (Å²) in [6.45, 7) is 2.15. The molecule has 0 amide bonds. The summed E-state index contributed by atoms with van der Waals surface area (Å²) in [6, 6.07) is 12.0. The number of nitriles is 1. The maximum atomic E-state index is 12.2. The van der Waals surface area contributed by atoms with Crippen LogP contribution in [0.2, 0.25) is 0 Å². The molecule has 1 aliphatic carbocycles. The molecule has 1 fully saturated rings. The fourth-order valence-corrected chi connectivity index (χ4v) is 3.44. The molecular formula is C18H19N5OS. The summed E-state index contributed by atoms with van der Waals surface area (Å²) in [7, 11) is 0. The minimum atomic E-state index is -0.971. The van der Waals surface area contributed by atoms with Crippen LogP contribution in [0.15, 0.2) is 35.5 Å². The third-order valence-corrected chi connectivity index (χ3v) is 5.09. The normalized spacial score (nSPS) is 14.7. The highest BCUT2D eigenvalue weighted by Gasteiger charge is 2.31. The number of carbonyl (C=O) groups is 1. The van der Waals surface area contributed by atoms with Crippen molar-refractivity contribution in [2.45, 2.75) is 37.4 Å². The number of hydrogen-bond acceptors (Lipinski definition) is 6. The zero-order chi connectivity index (χ0) is 17.8. The Morgan fingerprint density at radius 2 is 2.12 bits per heavy atom. The predicted octanol–water partition coefficient (Wildman–Crippen LogP) is 3.04. The maximum absolute atomic E-state index is 12.2. The molecule has 2 aromatic rings. The summed E-state index contributed by atoms with van der Waals surface area (Å²) in [5.41, 5.74) is 1.24. The lowest BCUT2D eigenvalue weighted by molar-refractivity contribution is -0.117. The fraction of sp³-hybridized carbons (Fsp3) is 0.389. The number of benzene rings is 1. The molecule has 0 bridgehead atoms. The van der Waals surface area contributed by atoms with Crippen molar-refractivity contribution in [2.24, 2.45) is 5.92 Å². The zero-order valence-electron chi connectivity index (χ0n) is 14.0. The maximum Gasteiger partial charge on any atom is 0.191 e. The average molecular weight is 353 g/mol. The Kier molecular flexibility index (Phi) is 5.29. The molecule has 1 unspecified atom stereocenters. The third kappa shape index (κ3) is 4.15. The van der Waals surface area contributed by atoms with Crippen LogP contribution in [0.25, 0.3) is 0 Å². The van der Waals surface area contributed by atoms with E-state index in [0.717, 1.165) is 24.2 Å². The molecule has 25 heavy (non-hydrogen) atoms. The van der Waals surface area contributed by atoms with Gasteiger partial charge < -0.3 is 9.98 Å². The smallest absolute Gasteiger partial charge is 0.191 e. The number of aromatic nitrogens is 3. The molecule has 1 aromatic carbocycles. The molecule has 1 heterocycles. The summed E-state index contributed by atoms with van der Waals surface area (Å²) in [5.74, 6) is 0.311. The number of nitrogens with zero attached hydrogens (tertiary/aromatic N) is 4. The first-order chi connectivity index (χ1) is 12.1. The summed E-state index contributed by atoms with van der Waals surface area (Å²) in [5, 5.41) is 25.9. The summed E-state index contributed by atoms with van der Waals surface area (Å²) >= 11 is 1.29. The molecule has 6 nitrogen and oxygen atoms in total. The van der Waals surface area contributed by atoms with E-state index in [1.807, 2.05) is 24.3 Å². The molecular weight excluding hydrogens is 334 g/mol. The van der Waals surface area contributed by atoms with Crippen molar-refractivity contribution in [1.82, 2.24) is 14.8 Å². The van der Waals surface area contributed by atoms with E-state index in [4.69, 9.17) is 10.7 Å². The molecule has 128 valence electrons. The van der Waals surface area contributed by atoms with Gasteiger partial charge >= 0.3 is 0 Å². The van der Waals surface area contributed by atoms with E-state index in [9.17, 15) is 4.79 Å². The summed E-state index contributed by atoms with van der Waals surface area (Å²) < 4.78 is 2.07. The van der Waals surface area contributed by atoms with E-state index < -0.39 is 5.92 Å². The lowest BCUT2D eigenvalue weighted by Crippen LogP contribution is -2.21. The van der Waals surface area contributed by atoms with Gasteiger partial charge in [-0.15, -0.1) is 10.2 Å². The van der Waals surface area contributed by atoms with Gasteiger partial charge in [-0.2, -0.15) is 5.26 Å². The minimum Gasteiger partial charge on any atom is -0.308 e. The molecule has 1 aromatic heterocycles. The van der Waals surface area contributed by atoms with Gasteiger partial charge in [0.05, 0.1) is 18.4 Å². The van der Waals surface area contributed by atoms with E-state index in [0.29, 0.717) is 17.6 Å². The van der Waals surface area contributed by atoms with Crippen LogP contribution in [0.3, 0.4) is 0 Å². The Hall–Kier alpha value is -2.46. The van der Waals surface area contributed by atoms with Crippen molar-refractivity contribution in [3.05, 3.63) is 41.7 Å². The number of hydrogen-bond donors (Lipinski definition) is 1. The Morgan fingerprint density at radius 1 is 1.40 bits per heavy atom. The molecule has 7 heteroatoms. The molecule has 0 spiro atoms. The van der Waals surface area contributed by atoms with E-state index in [1.54, 1.807) is 0 Å². The van der Waals surface area contributed by atoms with Gasteiger partial charge in [-0.05, 0) is 25.3 Å². The number of rotatable bonds is 8. The third-order valence-electron chi connectivity index (χ3n) is 4.10. The molecule has 0 aliphatic heterocycles. The lowest BCUT2D eigenvalue weighted by atomic mass is 10.0. The SMILES string of the molecule is CC(=N)C(C#N)C(=O)CSc1nnc(C2CC2)n1Cc1ccccc1. The second-order valence-electron chi connectivity index (χ2n) is 6.19. The van der Waals surface area contributed by atoms with Gasteiger partial charge in [-0.1, -0.05) is 42.1 Å². The van der Waals surface area contributed by atoms with Gasteiger partial charge in [0.1, 0.15) is 11.7 Å². The van der Waals surface area contributed by atoms with E-state index >= 15 is 0 Å². The van der Waals surface area contributed by atoms with E-state index in [-0.39, 0.29) is 17.2 Å². The van der Waals surface area contributed by atoms with Crippen molar-refractivity contribution in [1.29, 1.82) is 10.7 Å². The number of carbonyl (C=O) groups excluding carboxylic acids is 1.